The van der Waals surface area contributed by atoms with Crippen LogP contribution in [0.15, 0.2) is 18.3 Å². The summed E-state index contributed by atoms with van der Waals surface area (Å²) >= 11 is 0. The Morgan fingerprint density at radius 2 is 2.00 bits per heavy atom. The van der Waals surface area contributed by atoms with Crippen LogP contribution in [0.3, 0.4) is 0 Å². The number of hydrogen-bond acceptors (Lipinski definition) is 2. The molecule has 0 N–H and O–H groups in total. The predicted molar refractivity (Wildman–Crippen MR) is 65.3 cm³/mol. The Morgan fingerprint density at radius 1 is 1.12 bits per heavy atom. The standard InChI is InChI=1S/C14H20N2/c1-2-10-16(11-3-1)13-8-4-6-12-7-5-9-15-14(12)13/h5,7,9,13H,1-4,6,8,10-11H2. The Balaban J connectivity index is 1.86. The maximum atomic E-state index is 4.63. The van der Waals surface area contributed by atoms with Gasteiger partial charge in [0.15, 0.2) is 0 Å². The third-order valence-corrected chi connectivity index (χ3v) is 4.00. The fourth-order valence-electron chi connectivity index (χ4n) is 3.17. The van der Waals surface area contributed by atoms with Crippen molar-refractivity contribution < 1.29 is 0 Å². The van der Waals surface area contributed by atoms with Crippen molar-refractivity contribution in [1.29, 1.82) is 0 Å². The summed E-state index contributed by atoms with van der Waals surface area (Å²) in [5, 5.41) is 0. The van der Waals surface area contributed by atoms with Gasteiger partial charge < -0.3 is 0 Å². The normalized spacial score (nSPS) is 26.4. The highest BCUT2D eigenvalue weighted by Gasteiger charge is 2.27. The molecule has 16 heavy (non-hydrogen) atoms. The van der Waals surface area contributed by atoms with Crippen LogP contribution in [0.25, 0.3) is 0 Å². The molecule has 2 heteroatoms. The van der Waals surface area contributed by atoms with Crippen molar-refractivity contribution >= 4 is 0 Å². The number of rotatable bonds is 1. The van der Waals surface area contributed by atoms with Gasteiger partial charge in [-0.05, 0) is 56.8 Å². The summed E-state index contributed by atoms with van der Waals surface area (Å²) in [6.07, 6.45) is 9.99. The summed E-state index contributed by atoms with van der Waals surface area (Å²) < 4.78 is 0. The quantitative estimate of drug-likeness (QED) is 0.717. The molecule has 1 aromatic rings. The zero-order valence-corrected chi connectivity index (χ0v) is 9.86. The van der Waals surface area contributed by atoms with E-state index in [9.17, 15) is 0 Å². The zero-order chi connectivity index (χ0) is 10.8. The molecule has 3 rings (SSSR count). The number of fused-ring (bicyclic) bond motifs is 1. The minimum atomic E-state index is 0.616. The minimum absolute atomic E-state index is 0.616. The molecular formula is C14H20N2. The Morgan fingerprint density at radius 3 is 2.88 bits per heavy atom. The van der Waals surface area contributed by atoms with Crippen molar-refractivity contribution in [3.05, 3.63) is 29.6 Å². The summed E-state index contributed by atoms with van der Waals surface area (Å²) in [5.41, 5.74) is 2.86. The van der Waals surface area contributed by atoms with Crippen LogP contribution >= 0.6 is 0 Å². The van der Waals surface area contributed by atoms with Crippen molar-refractivity contribution in [1.82, 2.24) is 9.88 Å². The van der Waals surface area contributed by atoms with Gasteiger partial charge in [0.1, 0.15) is 0 Å². The number of aromatic nitrogens is 1. The lowest BCUT2D eigenvalue weighted by Gasteiger charge is -2.37. The summed E-state index contributed by atoms with van der Waals surface area (Å²) in [6, 6.07) is 4.96. The number of nitrogens with zero attached hydrogens (tertiary/aromatic N) is 2. The van der Waals surface area contributed by atoms with Gasteiger partial charge in [-0.1, -0.05) is 12.5 Å². The van der Waals surface area contributed by atoms with Crippen LogP contribution in [-0.4, -0.2) is 23.0 Å². The van der Waals surface area contributed by atoms with Gasteiger partial charge in [0.2, 0.25) is 0 Å². The lowest BCUT2D eigenvalue weighted by Crippen LogP contribution is -2.36. The van der Waals surface area contributed by atoms with Crippen molar-refractivity contribution in [2.45, 2.75) is 44.6 Å². The molecular weight excluding hydrogens is 196 g/mol. The summed E-state index contributed by atoms with van der Waals surface area (Å²) in [6.45, 7) is 2.56. The van der Waals surface area contributed by atoms with Crippen molar-refractivity contribution in [3.8, 4) is 0 Å². The second kappa shape index (κ2) is 4.54. The molecule has 2 aliphatic rings. The monoisotopic (exact) mass is 216 g/mol. The molecule has 0 aromatic carbocycles. The molecule has 1 fully saturated rings. The average Bonchev–Trinajstić information content (AvgIpc) is 2.39. The molecule has 0 radical (unpaired) electrons. The maximum Gasteiger partial charge on any atom is 0.0607 e. The van der Waals surface area contributed by atoms with Crippen LogP contribution in [-0.2, 0) is 6.42 Å². The van der Waals surface area contributed by atoms with Crippen LogP contribution in [0.1, 0.15) is 49.4 Å². The molecule has 1 saturated heterocycles. The molecule has 0 saturated carbocycles. The number of pyridine rings is 1. The summed E-state index contributed by atoms with van der Waals surface area (Å²) in [4.78, 5) is 7.30. The van der Waals surface area contributed by atoms with E-state index in [1.807, 2.05) is 6.20 Å². The Hall–Kier alpha value is -0.890. The first kappa shape index (κ1) is 10.3. The van der Waals surface area contributed by atoms with E-state index in [4.69, 9.17) is 0 Å². The van der Waals surface area contributed by atoms with Crippen molar-refractivity contribution in [2.24, 2.45) is 0 Å². The van der Waals surface area contributed by atoms with Gasteiger partial charge in [0.25, 0.3) is 0 Å². The molecule has 0 amide bonds. The highest BCUT2D eigenvalue weighted by molar-refractivity contribution is 5.25. The van der Waals surface area contributed by atoms with E-state index in [0.717, 1.165) is 0 Å². The molecule has 1 atom stereocenters. The average molecular weight is 216 g/mol. The molecule has 86 valence electrons. The molecule has 1 aromatic heterocycles. The van der Waals surface area contributed by atoms with E-state index in [0.29, 0.717) is 6.04 Å². The highest BCUT2D eigenvalue weighted by atomic mass is 15.2. The second-order valence-electron chi connectivity index (χ2n) is 5.05. The lowest BCUT2D eigenvalue weighted by atomic mass is 9.90. The molecule has 0 spiro atoms. The van der Waals surface area contributed by atoms with Gasteiger partial charge in [-0.3, -0.25) is 9.88 Å². The van der Waals surface area contributed by atoms with E-state index in [1.54, 1.807) is 0 Å². The lowest BCUT2D eigenvalue weighted by molar-refractivity contribution is 0.145. The van der Waals surface area contributed by atoms with E-state index < -0.39 is 0 Å². The van der Waals surface area contributed by atoms with Gasteiger partial charge in [-0.2, -0.15) is 0 Å². The Kier molecular flexibility index (Phi) is 2.92. The Labute approximate surface area is 97.7 Å². The van der Waals surface area contributed by atoms with Crippen molar-refractivity contribution in [2.75, 3.05) is 13.1 Å². The SMILES string of the molecule is c1cnc2c(c1)CCCC2N1CCCCC1. The van der Waals surface area contributed by atoms with Crippen molar-refractivity contribution in [3.63, 3.8) is 0 Å². The number of aryl methyl sites for hydroxylation is 1. The van der Waals surface area contributed by atoms with Gasteiger partial charge in [-0.15, -0.1) is 0 Å². The summed E-state index contributed by atoms with van der Waals surface area (Å²) in [5.74, 6) is 0. The molecule has 1 aliphatic carbocycles. The third kappa shape index (κ3) is 1.86. The van der Waals surface area contributed by atoms with E-state index in [1.165, 1.54) is 62.9 Å². The predicted octanol–water partition coefficient (Wildman–Crippen LogP) is 2.94. The fourth-order valence-corrected chi connectivity index (χ4v) is 3.17. The van der Waals surface area contributed by atoms with Gasteiger partial charge in [-0.25, -0.2) is 0 Å². The molecule has 0 bridgehead atoms. The van der Waals surface area contributed by atoms with Gasteiger partial charge >= 0.3 is 0 Å². The largest absolute Gasteiger partial charge is 0.295 e. The topological polar surface area (TPSA) is 16.1 Å². The smallest absolute Gasteiger partial charge is 0.0607 e. The minimum Gasteiger partial charge on any atom is -0.295 e. The van der Waals surface area contributed by atoms with Gasteiger partial charge in [0.05, 0.1) is 11.7 Å². The van der Waals surface area contributed by atoms with Crippen LogP contribution in [0.2, 0.25) is 0 Å². The van der Waals surface area contributed by atoms with Crippen LogP contribution in [0, 0.1) is 0 Å². The number of likely N-dealkylation sites (tertiary alicyclic amines) is 1. The van der Waals surface area contributed by atoms with Crippen LogP contribution in [0.5, 0.6) is 0 Å². The first-order valence-corrected chi connectivity index (χ1v) is 6.63. The number of hydrogen-bond donors (Lipinski definition) is 0. The first-order chi connectivity index (χ1) is 7.95. The Bertz CT molecular complexity index is 356. The van der Waals surface area contributed by atoms with Crippen LogP contribution < -0.4 is 0 Å². The molecule has 1 unspecified atom stereocenters. The highest BCUT2D eigenvalue weighted by Crippen LogP contribution is 2.34. The number of piperidine rings is 1. The maximum absolute atomic E-state index is 4.63. The second-order valence-corrected chi connectivity index (χ2v) is 5.05. The fraction of sp³-hybridized carbons (Fsp3) is 0.643. The molecule has 2 heterocycles. The summed E-state index contributed by atoms with van der Waals surface area (Å²) in [7, 11) is 0. The van der Waals surface area contributed by atoms with E-state index in [2.05, 4.69) is 22.0 Å². The van der Waals surface area contributed by atoms with Crippen LogP contribution in [0.4, 0.5) is 0 Å². The first-order valence-electron chi connectivity index (χ1n) is 6.63. The molecule has 1 aliphatic heterocycles. The van der Waals surface area contributed by atoms with E-state index >= 15 is 0 Å². The van der Waals surface area contributed by atoms with E-state index in [-0.39, 0.29) is 0 Å². The van der Waals surface area contributed by atoms with Gasteiger partial charge in [0, 0.05) is 6.20 Å². The third-order valence-electron chi connectivity index (χ3n) is 4.00. The zero-order valence-electron chi connectivity index (χ0n) is 9.86. The molecule has 2 nitrogen and oxygen atoms in total.